The Morgan fingerprint density at radius 2 is 2.16 bits per heavy atom. The number of nitrogens with zero attached hydrogens (tertiary/aromatic N) is 4. The van der Waals surface area contributed by atoms with Gasteiger partial charge in [-0.05, 0) is 42.1 Å². The van der Waals surface area contributed by atoms with Gasteiger partial charge in [-0.3, -0.25) is 9.58 Å². The quantitative estimate of drug-likeness (QED) is 0.764. The highest BCUT2D eigenvalue weighted by Crippen LogP contribution is 2.22. The van der Waals surface area contributed by atoms with Crippen molar-refractivity contribution in [3.05, 3.63) is 64.2 Å². The molecule has 6 heteroatoms. The first-order chi connectivity index (χ1) is 12.3. The summed E-state index contributed by atoms with van der Waals surface area (Å²) in [5.41, 5.74) is 2.69. The van der Waals surface area contributed by atoms with Crippen LogP contribution in [0.4, 0.5) is 5.82 Å². The van der Waals surface area contributed by atoms with E-state index in [0.717, 1.165) is 38.5 Å². The molecule has 25 heavy (non-hydrogen) atoms. The number of aromatic nitrogens is 3. The van der Waals surface area contributed by atoms with E-state index in [2.05, 4.69) is 49.4 Å². The Morgan fingerprint density at radius 1 is 1.20 bits per heavy atom. The molecule has 0 spiro atoms. The molecule has 0 radical (unpaired) electrons. The molecule has 1 atom stereocenters. The molecule has 4 heterocycles. The lowest BCUT2D eigenvalue weighted by molar-refractivity contribution is 0.227. The summed E-state index contributed by atoms with van der Waals surface area (Å²) in [7, 11) is 0. The van der Waals surface area contributed by atoms with Crippen LogP contribution in [-0.4, -0.2) is 32.8 Å². The van der Waals surface area contributed by atoms with Gasteiger partial charge in [0.25, 0.3) is 0 Å². The highest BCUT2D eigenvalue weighted by molar-refractivity contribution is 7.10. The molecular weight excluding hydrogens is 330 g/mol. The molecule has 130 valence electrons. The van der Waals surface area contributed by atoms with E-state index in [1.165, 1.54) is 16.1 Å². The average Bonchev–Trinajstić information content (AvgIpc) is 3.19. The third-order valence-electron chi connectivity index (χ3n) is 4.71. The van der Waals surface area contributed by atoms with Crippen LogP contribution >= 0.6 is 11.3 Å². The first kappa shape index (κ1) is 16.3. The van der Waals surface area contributed by atoms with Crippen molar-refractivity contribution in [2.75, 3.05) is 18.4 Å². The van der Waals surface area contributed by atoms with Gasteiger partial charge in [-0.1, -0.05) is 6.07 Å². The van der Waals surface area contributed by atoms with E-state index in [1.54, 1.807) is 0 Å². The predicted molar refractivity (Wildman–Crippen MR) is 102 cm³/mol. The Balaban J connectivity index is 1.48. The molecule has 1 aliphatic heterocycles. The Bertz CT molecular complexity index is 810. The van der Waals surface area contributed by atoms with Gasteiger partial charge >= 0.3 is 0 Å². The fourth-order valence-corrected chi connectivity index (χ4v) is 4.30. The van der Waals surface area contributed by atoms with Gasteiger partial charge in [0, 0.05) is 55.9 Å². The maximum absolute atomic E-state index is 4.52. The molecule has 3 aromatic heterocycles. The second-order valence-electron chi connectivity index (χ2n) is 6.66. The summed E-state index contributed by atoms with van der Waals surface area (Å²) in [6.45, 7) is 7.07. The van der Waals surface area contributed by atoms with Gasteiger partial charge in [0.1, 0.15) is 5.82 Å². The number of nitrogens with one attached hydrogen (secondary N) is 1. The van der Waals surface area contributed by atoms with E-state index in [0.29, 0.717) is 5.92 Å². The highest BCUT2D eigenvalue weighted by Gasteiger charge is 2.23. The number of thiophene rings is 1. The minimum Gasteiger partial charge on any atom is -0.370 e. The third-order valence-corrected chi connectivity index (χ3v) is 5.72. The Hall–Kier alpha value is -2.18. The van der Waals surface area contributed by atoms with Crippen LogP contribution in [0, 0.1) is 12.8 Å². The molecule has 5 nitrogen and oxygen atoms in total. The lowest BCUT2D eigenvalue weighted by atomic mass is 10.1. The smallest absolute Gasteiger partial charge is 0.125 e. The number of rotatable bonds is 5. The minimum atomic E-state index is 0.489. The summed E-state index contributed by atoms with van der Waals surface area (Å²) < 4.78 is 2.16. The van der Waals surface area contributed by atoms with E-state index in [-0.39, 0.29) is 0 Å². The molecule has 1 unspecified atom stereocenters. The van der Waals surface area contributed by atoms with Crippen LogP contribution in [0.2, 0.25) is 0 Å². The third kappa shape index (κ3) is 3.91. The first-order valence-corrected chi connectivity index (χ1v) is 9.57. The van der Waals surface area contributed by atoms with Gasteiger partial charge in [-0.15, -0.1) is 11.3 Å². The molecular formula is C19H23N5S. The summed E-state index contributed by atoms with van der Waals surface area (Å²) in [6, 6.07) is 10.3. The largest absolute Gasteiger partial charge is 0.370 e. The van der Waals surface area contributed by atoms with Gasteiger partial charge in [0.05, 0.1) is 5.69 Å². The van der Waals surface area contributed by atoms with Crippen molar-refractivity contribution in [1.29, 1.82) is 0 Å². The minimum absolute atomic E-state index is 0.489. The zero-order valence-corrected chi connectivity index (χ0v) is 15.2. The first-order valence-electron chi connectivity index (χ1n) is 8.69. The number of hydrogen-bond acceptors (Lipinski definition) is 5. The summed E-state index contributed by atoms with van der Waals surface area (Å²) in [5, 5.41) is 10.2. The van der Waals surface area contributed by atoms with Crippen LogP contribution < -0.4 is 5.32 Å². The van der Waals surface area contributed by atoms with Crippen LogP contribution in [0.5, 0.6) is 0 Å². The molecule has 1 aliphatic rings. The van der Waals surface area contributed by atoms with Gasteiger partial charge in [-0.2, -0.15) is 5.10 Å². The van der Waals surface area contributed by atoms with Crippen molar-refractivity contribution in [3.63, 3.8) is 0 Å². The fraction of sp³-hybridized carbons (Fsp3) is 0.368. The normalized spacial score (nSPS) is 17.9. The monoisotopic (exact) mass is 353 g/mol. The van der Waals surface area contributed by atoms with Gasteiger partial charge in [-0.25, -0.2) is 4.98 Å². The number of hydrogen-bond donors (Lipinski definition) is 1. The second kappa shape index (κ2) is 7.37. The summed E-state index contributed by atoms with van der Waals surface area (Å²) >= 11 is 1.86. The van der Waals surface area contributed by atoms with Crippen molar-refractivity contribution in [2.24, 2.45) is 5.92 Å². The number of anilines is 1. The number of fused-ring (bicyclic) bond motifs is 1. The maximum atomic E-state index is 4.52. The molecule has 0 aliphatic carbocycles. The molecule has 0 amide bonds. The average molecular weight is 353 g/mol. The molecule has 0 saturated carbocycles. The Kier molecular flexibility index (Phi) is 4.81. The predicted octanol–water partition coefficient (Wildman–Crippen LogP) is 3.39. The lowest BCUT2D eigenvalue weighted by Gasteiger charge is -2.24. The molecule has 0 saturated heterocycles. The van der Waals surface area contributed by atoms with Crippen molar-refractivity contribution >= 4 is 17.2 Å². The fourth-order valence-electron chi connectivity index (χ4n) is 3.35. The van der Waals surface area contributed by atoms with Crippen molar-refractivity contribution in [3.8, 4) is 0 Å². The molecule has 1 N–H and O–H groups in total. The summed E-state index contributed by atoms with van der Waals surface area (Å²) in [5.74, 6) is 1.43. The molecule has 0 fully saturated rings. The van der Waals surface area contributed by atoms with Crippen LogP contribution in [0.1, 0.15) is 16.1 Å². The molecule has 4 rings (SSSR count). The van der Waals surface area contributed by atoms with Gasteiger partial charge in [0.15, 0.2) is 0 Å². The number of pyridine rings is 1. The van der Waals surface area contributed by atoms with Crippen molar-refractivity contribution in [2.45, 2.75) is 26.6 Å². The molecule has 3 aromatic rings. The van der Waals surface area contributed by atoms with Crippen molar-refractivity contribution in [1.82, 2.24) is 19.7 Å². The van der Waals surface area contributed by atoms with Gasteiger partial charge < -0.3 is 5.32 Å². The zero-order valence-electron chi connectivity index (χ0n) is 14.4. The maximum Gasteiger partial charge on any atom is 0.125 e. The SMILES string of the molecule is Cc1ccsc1CN1Cc2ccnn2CC(CNc2ccccn2)C1. The Morgan fingerprint density at radius 3 is 2.96 bits per heavy atom. The standard InChI is InChI=1S/C19H23N5S/c1-15-6-9-25-18(15)14-23-11-16(10-21-19-4-2-3-7-20-19)12-24-17(13-23)5-8-22-24/h2-9,16H,10-14H2,1H3,(H,20,21). The van der Waals surface area contributed by atoms with E-state index < -0.39 is 0 Å². The van der Waals surface area contributed by atoms with Crippen molar-refractivity contribution < 1.29 is 0 Å². The summed E-state index contributed by atoms with van der Waals surface area (Å²) in [6.07, 6.45) is 3.74. The van der Waals surface area contributed by atoms with Gasteiger partial charge in [0.2, 0.25) is 0 Å². The van der Waals surface area contributed by atoms with E-state index >= 15 is 0 Å². The van der Waals surface area contributed by atoms with E-state index in [4.69, 9.17) is 0 Å². The summed E-state index contributed by atoms with van der Waals surface area (Å²) in [4.78, 5) is 8.37. The van der Waals surface area contributed by atoms with E-state index in [1.807, 2.05) is 41.9 Å². The number of aryl methyl sites for hydroxylation is 1. The zero-order chi connectivity index (χ0) is 17.1. The van der Waals surface area contributed by atoms with E-state index in [9.17, 15) is 0 Å². The highest BCUT2D eigenvalue weighted by atomic mass is 32.1. The van der Waals surface area contributed by atoms with Crippen LogP contribution in [-0.2, 0) is 19.6 Å². The molecule has 0 bridgehead atoms. The molecule has 0 aromatic carbocycles. The Labute approximate surface area is 152 Å². The topological polar surface area (TPSA) is 46.0 Å². The van der Waals surface area contributed by atoms with Crippen LogP contribution in [0.3, 0.4) is 0 Å². The van der Waals surface area contributed by atoms with Crippen LogP contribution in [0.15, 0.2) is 48.1 Å². The second-order valence-corrected chi connectivity index (χ2v) is 7.66. The lowest BCUT2D eigenvalue weighted by Crippen LogP contribution is -2.31. The van der Waals surface area contributed by atoms with Crippen LogP contribution in [0.25, 0.3) is 0 Å².